The van der Waals surface area contributed by atoms with Crippen molar-refractivity contribution in [1.29, 1.82) is 5.26 Å². The topological polar surface area (TPSA) is 90.3 Å². The Kier molecular flexibility index (Phi) is 6.32. The Morgan fingerprint density at radius 2 is 1.96 bits per heavy atom. The third kappa shape index (κ3) is 4.58. The summed E-state index contributed by atoms with van der Waals surface area (Å²) in [6.45, 7) is 1.01. The summed E-state index contributed by atoms with van der Waals surface area (Å²) in [4.78, 5) is 13.5. The average molecular weight is 468 g/mol. The molecule has 1 amide bonds. The van der Waals surface area contributed by atoms with Crippen LogP contribution in [0.5, 0.6) is 0 Å². The molecule has 142 valence electrons. The summed E-state index contributed by atoms with van der Waals surface area (Å²) in [5, 5.41) is 12.1. The zero-order valence-electron chi connectivity index (χ0n) is 14.4. The van der Waals surface area contributed by atoms with Crippen LogP contribution in [0.1, 0.15) is 23.3 Å². The molecule has 1 fully saturated rings. The van der Waals surface area contributed by atoms with Crippen molar-refractivity contribution in [2.75, 3.05) is 13.1 Å². The largest absolute Gasteiger partial charge is 0.351 e. The first-order valence-corrected chi connectivity index (χ1v) is 11.5. The summed E-state index contributed by atoms with van der Waals surface area (Å²) in [7, 11) is -3.73. The highest BCUT2D eigenvalue weighted by atomic mass is 79.9. The van der Waals surface area contributed by atoms with Crippen molar-refractivity contribution in [1.82, 2.24) is 9.62 Å². The Hall–Kier alpha value is -1.73. The molecule has 0 atom stereocenters. The zero-order valence-corrected chi connectivity index (χ0v) is 17.6. The van der Waals surface area contributed by atoms with E-state index in [0.29, 0.717) is 19.4 Å². The van der Waals surface area contributed by atoms with Crippen LogP contribution >= 0.6 is 27.3 Å². The van der Waals surface area contributed by atoms with Crippen LogP contribution in [0.3, 0.4) is 0 Å². The lowest BCUT2D eigenvalue weighted by atomic mass is 9.97. The lowest BCUT2D eigenvalue weighted by molar-refractivity contribution is -0.126. The van der Waals surface area contributed by atoms with E-state index < -0.39 is 10.0 Å². The van der Waals surface area contributed by atoms with Crippen LogP contribution < -0.4 is 5.32 Å². The van der Waals surface area contributed by atoms with Crippen LogP contribution in [-0.2, 0) is 21.4 Å². The predicted octanol–water partition coefficient (Wildman–Crippen LogP) is 3.10. The SMILES string of the molecule is N#Cc1ccccc1S(=O)(=O)N1CCC(C(=O)NCc2ccc(Br)s2)CC1. The van der Waals surface area contributed by atoms with Gasteiger partial charge in [0, 0.05) is 23.9 Å². The van der Waals surface area contributed by atoms with Crippen LogP contribution in [0.2, 0.25) is 0 Å². The Morgan fingerprint density at radius 3 is 2.59 bits per heavy atom. The van der Waals surface area contributed by atoms with E-state index in [1.807, 2.05) is 18.2 Å². The summed E-state index contributed by atoms with van der Waals surface area (Å²) in [5.74, 6) is -0.250. The van der Waals surface area contributed by atoms with Gasteiger partial charge >= 0.3 is 0 Å². The molecule has 0 bridgehead atoms. The number of piperidine rings is 1. The second-order valence-corrected chi connectivity index (χ2v) is 10.7. The molecule has 6 nitrogen and oxygen atoms in total. The van der Waals surface area contributed by atoms with E-state index in [0.717, 1.165) is 8.66 Å². The minimum Gasteiger partial charge on any atom is -0.351 e. The molecule has 0 aliphatic carbocycles. The van der Waals surface area contributed by atoms with Crippen LogP contribution in [0.15, 0.2) is 45.1 Å². The molecule has 1 N–H and O–H groups in total. The van der Waals surface area contributed by atoms with Crippen molar-refractivity contribution < 1.29 is 13.2 Å². The molecule has 1 aromatic carbocycles. The summed E-state index contributed by atoms with van der Waals surface area (Å²) < 4.78 is 28.0. The Balaban J connectivity index is 1.59. The molecular formula is C18H18BrN3O3S2. The number of nitrogens with one attached hydrogen (secondary N) is 1. The second kappa shape index (κ2) is 8.52. The molecule has 27 heavy (non-hydrogen) atoms. The number of nitrogens with zero attached hydrogens (tertiary/aromatic N) is 2. The van der Waals surface area contributed by atoms with Gasteiger partial charge in [0.15, 0.2) is 0 Å². The van der Waals surface area contributed by atoms with Gasteiger partial charge in [-0.15, -0.1) is 11.3 Å². The molecule has 1 aromatic heterocycles. The highest BCUT2D eigenvalue weighted by Crippen LogP contribution is 2.26. The molecule has 1 aliphatic rings. The Labute approximate surface area is 171 Å². The summed E-state index contributed by atoms with van der Waals surface area (Å²) in [6, 6.07) is 12.0. The van der Waals surface area contributed by atoms with Gasteiger partial charge in [-0.25, -0.2) is 8.42 Å². The maximum absolute atomic E-state index is 12.8. The maximum Gasteiger partial charge on any atom is 0.244 e. The Morgan fingerprint density at radius 1 is 1.26 bits per heavy atom. The monoisotopic (exact) mass is 467 g/mol. The first kappa shape index (κ1) is 20.0. The number of rotatable bonds is 5. The van der Waals surface area contributed by atoms with E-state index in [1.54, 1.807) is 23.5 Å². The number of carbonyl (C=O) groups excluding carboxylic acids is 1. The first-order chi connectivity index (χ1) is 12.9. The number of hydrogen-bond acceptors (Lipinski definition) is 5. The number of nitriles is 1. The molecule has 0 unspecified atom stereocenters. The minimum absolute atomic E-state index is 0.0265. The van der Waals surface area contributed by atoms with Crippen molar-refractivity contribution in [3.8, 4) is 6.07 Å². The highest BCUT2D eigenvalue weighted by Gasteiger charge is 2.33. The number of carbonyl (C=O) groups is 1. The van der Waals surface area contributed by atoms with Crippen molar-refractivity contribution in [2.45, 2.75) is 24.3 Å². The Bertz CT molecular complexity index is 974. The van der Waals surface area contributed by atoms with Gasteiger partial charge in [0.05, 0.1) is 20.8 Å². The van der Waals surface area contributed by atoms with E-state index in [-0.39, 0.29) is 35.4 Å². The number of halogens is 1. The highest BCUT2D eigenvalue weighted by molar-refractivity contribution is 9.11. The van der Waals surface area contributed by atoms with Gasteiger partial charge in [-0.3, -0.25) is 4.79 Å². The van der Waals surface area contributed by atoms with Crippen LogP contribution in [-0.4, -0.2) is 31.7 Å². The standard InChI is InChI=1S/C18H18BrN3O3S2/c19-17-6-5-15(26-17)12-21-18(23)13-7-9-22(10-8-13)27(24,25)16-4-2-1-3-14(16)11-20/h1-6,13H,7-10,12H2,(H,21,23). The predicted molar refractivity (Wildman–Crippen MR) is 107 cm³/mol. The third-order valence-corrected chi connectivity index (χ3v) is 8.10. The molecule has 0 spiro atoms. The fraction of sp³-hybridized carbons (Fsp3) is 0.333. The van der Waals surface area contributed by atoms with Crippen molar-refractivity contribution >= 4 is 43.2 Å². The zero-order chi connectivity index (χ0) is 19.4. The molecule has 1 saturated heterocycles. The first-order valence-electron chi connectivity index (χ1n) is 8.43. The van der Waals surface area contributed by atoms with E-state index in [2.05, 4.69) is 21.2 Å². The number of hydrogen-bond donors (Lipinski definition) is 1. The van der Waals surface area contributed by atoms with E-state index >= 15 is 0 Å². The maximum atomic E-state index is 12.8. The van der Waals surface area contributed by atoms with Gasteiger partial charge in [-0.2, -0.15) is 9.57 Å². The molecule has 9 heteroatoms. The molecule has 2 aromatic rings. The fourth-order valence-electron chi connectivity index (χ4n) is 3.05. The number of amides is 1. The van der Waals surface area contributed by atoms with Gasteiger partial charge < -0.3 is 5.32 Å². The van der Waals surface area contributed by atoms with Gasteiger partial charge in [-0.1, -0.05) is 12.1 Å². The van der Waals surface area contributed by atoms with Crippen LogP contribution in [0.25, 0.3) is 0 Å². The van der Waals surface area contributed by atoms with E-state index in [1.165, 1.54) is 16.4 Å². The summed E-state index contributed by atoms with van der Waals surface area (Å²) in [5.41, 5.74) is 0.138. The molecule has 0 radical (unpaired) electrons. The van der Waals surface area contributed by atoms with Crippen molar-refractivity contribution in [3.63, 3.8) is 0 Å². The van der Waals surface area contributed by atoms with E-state index in [9.17, 15) is 13.2 Å². The lowest BCUT2D eigenvalue weighted by Gasteiger charge is -2.30. The number of sulfonamides is 1. The lowest BCUT2D eigenvalue weighted by Crippen LogP contribution is -2.43. The van der Waals surface area contributed by atoms with Crippen molar-refractivity contribution in [2.24, 2.45) is 5.92 Å². The van der Waals surface area contributed by atoms with Crippen LogP contribution in [0, 0.1) is 17.2 Å². The van der Waals surface area contributed by atoms with Crippen LogP contribution in [0.4, 0.5) is 0 Å². The molecule has 2 heterocycles. The smallest absolute Gasteiger partial charge is 0.244 e. The second-order valence-electron chi connectivity index (χ2n) is 6.21. The van der Waals surface area contributed by atoms with Gasteiger partial charge in [0.1, 0.15) is 6.07 Å². The summed E-state index contributed by atoms with van der Waals surface area (Å²) >= 11 is 4.96. The van der Waals surface area contributed by atoms with Crippen molar-refractivity contribution in [3.05, 3.63) is 50.6 Å². The molecule has 3 rings (SSSR count). The molecule has 1 aliphatic heterocycles. The van der Waals surface area contributed by atoms with E-state index in [4.69, 9.17) is 5.26 Å². The quantitative estimate of drug-likeness (QED) is 0.730. The fourth-order valence-corrected chi connectivity index (χ4v) is 6.08. The number of benzene rings is 1. The normalized spacial score (nSPS) is 16.0. The van der Waals surface area contributed by atoms with Gasteiger partial charge in [0.25, 0.3) is 0 Å². The van der Waals surface area contributed by atoms with Gasteiger partial charge in [-0.05, 0) is 53.0 Å². The third-order valence-electron chi connectivity index (χ3n) is 4.52. The minimum atomic E-state index is -3.73. The average Bonchev–Trinajstić information content (AvgIpc) is 3.11. The number of thiophene rings is 1. The summed E-state index contributed by atoms with van der Waals surface area (Å²) in [6.07, 6.45) is 0.932. The molecule has 0 saturated carbocycles. The van der Waals surface area contributed by atoms with Gasteiger partial charge in [0.2, 0.25) is 15.9 Å². The molecular weight excluding hydrogens is 450 g/mol.